The Kier molecular flexibility index (Phi) is 8.18. The summed E-state index contributed by atoms with van der Waals surface area (Å²) in [4.78, 5) is 0. The minimum absolute atomic E-state index is 0.116. The maximum atomic E-state index is 10.8. The summed E-state index contributed by atoms with van der Waals surface area (Å²) in [6, 6.07) is 13.7. The molecular weight excluding hydrogens is 464 g/mol. The molecular formula is C27H40O7Si. The van der Waals surface area contributed by atoms with E-state index in [4.69, 9.17) is 13.9 Å². The molecule has 0 radical (unpaired) electrons. The van der Waals surface area contributed by atoms with E-state index >= 15 is 0 Å². The van der Waals surface area contributed by atoms with E-state index in [1.54, 1.807) is 6.07 Å². The van der Waals surface area contributed by atoms with Crippen molar-refractivity contribution in [3.05, 3.63) is 64.7 Å². The van der Waals surface area contributed by atoms with Crippen molar-refractivity contribution in [2.75, 3.05) is 13.7 Å². The fourth-order valence-corrected chi connectivity index (χ4v) is 5.12. The van der Waals surface area contributed by atoms with E-state index in [0.717, 1.165) is 22.4 Å². The van der Waals surface area contributed by atoms with E-state index in [2.05, 4.69) is 46.0 Å². The molecule has 35 heavy (non-hydrogen) atoms. The van der Waals surface area contributed by atoms with Crippen LogP contribution in [0.5, 0.6) is 5.75 Å². The van der Waals surface area contributed by atoms with Gasteiger partial charge in [-0.25, -0.2) is 0 Å². The van der Waals surface area contributed by atoms with Crippen molar-refractivity contribution in [1.29, 1.82) is 0 Å². The van der Waals surface area contributed by atoms with Gasteiger partial charge in [0.05, 0.1) is 6.61 Å². The lowest BCUT2D eigenvalue weighted by atomic mass is 9.86. The molecule has 5 atom stereocenters. The van der Waals surface area contributed by atoms with Crippen LogP contribution < -0.4 is 4.43 Å². The molecule has 1 saturated heterocycles. The molecule has 4 N–H and O–H groups in total. The normalized spacial score (nSPS) is 27.6. The Labute approximate surface area is 209 Å². The molecule has 1 aliphatic heterocycles. The molecule has 8 heteroatoms. The third-order valence-electron chi connectivity index (χ3n) is 7.50. The summed E-state index contributed by atoms with van der Waals surface area (Å²) >= 11 is 0. The smallest absolute Gasteiger partial charge is 0.250 e. The quantitative estimate of drug-likeness (QED) is 0.429. The summed E-state index contributed by atoms with van der Waals surface area (Å²) in [5.41, 5.74) is 3.63. The Bertz CT molecular complexity index is 1000. The highest BCUT2D eigenvalue weighted by atomic mass is 28.4. The number of methoxy groups -OCH3 is 1. The van der Waals surface area contributed by atoms with Crippen LogP contribution in [0.3, 0.4) is 0 Å². The van der Waals surface area contributed by atoms with Crippen molar-refractivity contribution in [2.24, 2.45) is 0 Å². The van der Waals surface area contributed by atoms with Crippen molar-refractivity contribution in [1.82, 2.24) is 0 Å². The van der Waals surface area contributed by atoms with Crippen molar-refractivity contribution in [2.45, 2.75) is 82.5 Å². The van der Waals surface area contributed by atoms with Crippen LogP contribution >= 0.6 is 0 Å². The number of rotatable bonds is 7. The zero-order valence-electron chi connectivity index (χ0n) is 21.8. The molecule has 0 saturated carbocycles. The summed E-state index contributed by atoms with van der Waals surface area (Å²) in [6.07, 6.45) is -5.00. The van der Waals surface area contributed by atoms with Crippen molar-refractivity contribution < 1.29 is 34.3 Å². The highest BCUT2D eigenvalue weighted by Gasteiger charge is 2.55. The molecule has 2 aromatic carbocycles. The highest BCUT2D eigenvalue weighted by Crippen LogP contribution is 2.40. The number of ether oxygens (including phenoxy) is 2. The van der Waals surface area contributed by atoms with Crippen molar-refractivity contribution in [3.63, 3.8) is 0 Å². The summed E-state index contributed by atoms with van der Waals surface area (Å²) in [7, 11) is -0.555. The van der Waals surface area contributed by atoms with E-state index in [1.165, 1.54) is 7.11 Å². The van der Waals surface area contributed by atoms with Crippen LogP contribution in [-0.4, -0.2) is 66.9 Å². The van der Waals surface area contributed by atoms with Gasteiger partial charge in [0.15, 0.2) is 0 Å². The number of benzene rings is 2. The van der Waals surface area contributed by atoms with E-state index in [9.17, 15) is 20.4 Å². The second kappa shape index (κ2) is 10.3. The lowest BCUT2D eigenvalue weighted by Crippen LogP contribution is -2.64. The van der Waals surface area contributed by atoms with Crippen LogP contribution in [0.4, 0.5) is 0 Å². The molecule has 1 fully saturated rings. The van der Waals surface area contributed by atoms with Gasteiger partial charge in [-0.2, -0.15) is 0 Å². The van der Waals surface area contributed by atoms with Crippen LogP contribution in [0.2, 0.25) is 18.1 Å². The van der Waals surface area contributed by atoms with Gasteiger partial charge in [-0.3, -0.25) is 0 Å². The Morgan fingerprint density at radius 1 is 1.00 bits per heavy atom. The fourth-order valence-electron chi connectivity index (χ4n) is 4.09. The molecule has 0 aromatic heterocycles. The average molecular weight is 505 g/mol. The molecule has 1 heterocycles. The molecule has 0 spiro atoms. The minimum atomic E-state index is -1.92. The zero-order valence-corrected chi connectivity index (χ0v) is 22.8. The number of aliphatic hydroxyl groups is 4. The van der Waals surface area contributed by atoms with Gasteiger partial charge in [0.25, 0.3) is 0 Å². The maximum Gasteiger partial charge on any atom is 0.250 e. The van der Waals surface area contributed by atoms with Crippen LogP contribution in [-0.2, 0) is 21.7 Å². The van der Waals surface area contributed by atoms with E-state index in [-0.39, 0.29) is 5.04 Å². The molecule has 0 aliphatic carbocycles. The monoisotopic (exact) mass is 504 g/mol. The van der Waals surface area contributed by atoms with Gasteiger partial charge in [-0.05, 0) is 66.4 Å². The largest absolute Gasteiger partial charge is 0.544 e. The lowest BCUT2D eigenvalue weighted by molar-refractivity contribution is -0.366. The van der Waals surface area contributed by atoms with Crippen LogP contribution in [0.1, 0.15) is 43.0 Å². The standard InChI is InChI=1S/C27H40O7Si/c1-17-8-11-20(27(32-5)25(31)24(30)23(29)22(16-28)33-27)15-19(17)14-18-9-12-21(13-10-18)34-35(6,7)26(2,3)4/h8-13,15,22-25,28-31H,14,16H2,1-7H3/t22-,23?,24+,25-,27?/m1/s1. The van der Waals surface area contributed by atoms with Gasteiger partial charge in [-0.15, -0.1) is 0 Å². The molecule has 3 rings (SSSR count). The summed E-state index contributed by atoms with van der Waals surface area (Å²) in [5, 5.41) is 41.1. The molecule has 2 aromatic rings. The van der Waals surface area contributed by atoms with Crippen LogP contribution in [0.15, 0.2) is 42.5 Å². The number of aryl methyl sites for hydroxylation is 1. The second-order valence-corrected chi connectivity index (χ2v) is 15.7. The fraction of sp³-hybridized carbons (Fsp3) is 0.556. The first kappa shape index (κ1) is 27.8. The van der Waals surface area contributed by atoms with E-state index < -0.39 is 45.1 Å². The first-order valence-electron chi connectivity index (χ1n) is 12.0. The predicted octanol–water partition coefficient (Wildman–Crippen LogP) is 3.24. The Hall–Kier alpha value is -1.78. The Morgan fingerprint density at radius 3 is 2.17 bits per heavy atom. The van der Waals surface area contributed by atoms with Gasteiger partial charge in [-0.1, -0.05) is 45.0 Å². The van der Waals surface area contributed by atoms with E-state index in [1.807, 2.05) is 31.2 Å². The van der Waals surface area contributed by atoms with Crippen molar-refractivity contribution >= 4 is 8.32 Å². The molecule has 7 nitrogen and oxygen atoms in total. The number of hydrogen-bond donors (Lipinski definition) is 4. The third-order valence-corrected chi connectivity index (χ3v) is 11.9. The van der Waals surface area contributed by atoms with Gasteiger partial charge < -0.3 is 34.3 Å². The predicted molar refractivity (Wildman–Crippen MR) is 137 cm³/mol. The summed E-state index contributed by atoms with van der Waals surface area (Å²) < 4.78 is 17.8. The second-order valence-electron chi connectivity index (χ2n) is 11.0. The van der Waals surface area contributed by atoms with E-state index in [0.29, 0.717) is 12.0 Å². The number of aliphatic hydroxyl groups excluding tert-OH is 4. The topological polar surface area (TPSA) is 109 Å². The average Bonchev–Trinajstić information content (AvgIpc) is 2.80. The van der Waals surface area contributed by atoms with Crippen molar-refractivity contribution in [3.8, 4) is 5.75 Å². The number of hydrogen-bond acceptors (Lipinski definition) is 7. The van der Waals surface area contributed by atoms with Gasteiger partial charge in [0.2, 0.25) is 14.1 Å². The summed E-state index contributed by atoms with van der Waals surface area (Å²) in [6.45, 7) is 12.6. The molecule has 194 valence electrons. The molecule has 2 unspecified atom stereocenters. The van der Waals surface area contributed by atoms with Crippen LogP contribution in [0.25, 0.3) is 0 Å². The SMILES string of the molecule is COC1(c2ccc(C)c(Cc3ccc(O[Si](C)(C)C(C)(C)C)cc3)c2)O[C@H](CO)C(O)[C@H](O)[C@H]1O. The zero-order chi connectivity index (χ0) is 26.2. The van der Waals surface area contributed by atoms with Crippen LogP contribution in [0, 0.1) is 6.92 Å². The highest BCUT2D eigenvalue weighted by molar-refractivity contribution is 6.74. The molecule has 0 amide bonds. The first-order chi connectivity index (χ1) is 16.3. The molecule has 0 bridgehead atoms. The Morgan fingerprint density at radius 2 is 1.63 bits per heavy atom. The maximum absolute atomic E-state index is 10.8. The third kappa shape index (κ3) is 5.49. The molecule has 1 aliphatic rings. The van der Waals surface area contributed by atoms with Gasteiger partial charge >= 0.3 is 0 Å². The Balaban J connectivity index is 1.87. The van der Waals surface area contributed by atoms with Gasteiger partial charge in [0, 0.05) is 12.7 Å². The lowest BCUT2D eigenvalue weighted by Gasteiger charge is -2.47. The summed E-state index contributed by atoms with van der Waals surface area (Å²) in [5.74, 6) is -0.861. The van der Waals surface area contributed by atoms with Gasteiger partial charge in [0.1, 0.15) is 30.2 Å². The minimum Gasteiger partial charge on any atom is -0.544 e. The first-order valence-corrected chi connectivity index (χ1v) is 14.9.